The molecule has 0 saturated heterocycles. The van der Waals surface area contributed by atoms with E-state index in [0.717, 1.165) is 6.42 Å². The van der Waals surface area contributed by atoms with E-state index in [1.54, 1.807) is 4.00 Å². The first-order valence-corrected chi connectivity index (χ1v) is 12.7. The first-order valence-electron chi connectivity index (χ1n) is 7.46. The summed E-state index contributed by atoms with van der Waals surface area (Å²) in [7, 11) is 0. The summed E-state index contributed by atoms with van der Waals surface area (Å²) in [5.74, 6) is 4.88. The van der Waals surface area contributed by atoms with Gasteiger partial charge in [0.15, 0.2) is 0 Å². The number of hydrogen-bond acceptors (Lipinski definition) is 0. The molecule has 0 amide bonds. The van der Waals surface area contributed by atoms with E-state index in [1.165, 1.54) is 32.4 Å². The van der Waals surface area contributed by atoms with Crippen molar-refractivity contribution < 1.29 is 46.5 Å². The average Bonchev–Trinajstić information content (AvgIpc) is 3.13. The zero-order valence-electron chi connectivity index (χ0n) is 13.7. The second-order valence-electron chi connectivity index (χ2n) is 5.91. The minimum Gasteiger partial charge on any atom is -1.00 e. The summed E-state index contributed by atoms with van der Waals surface area (Å²) in [6.45, 7) is 0. The molecule has 2 aromatic carbocycles. The Morgan fingerprint density at radius 1 is 0.958 bits per heavy atom. The number of hydrogen-bond donors (Lipinski definition) is 0. The van der Waals surface area contributed by atoms with E-state index in [2.05, 4.69) is 72.2 Å². The van der Waals surface area contributed by atoms with Gasteiger partial charge in [-0.2, -0.15) is 0 Å². The van der Waals surface area contributed by atoms with Crippen molar-refractivity contribution in [2.24, 2.45) is 0 Å². The first kappa shape index (κ1) is 21.7. The van der Waals surface area contributed by atoms with Crippen LogP contribution in [0.2, 0.25) is 11.5 Å². The average molecular weight is 449 g/mol. The van der Waals surface area contributed by atoms with Gasteiger partial charge in [-0.25, -0.2) is 0 Å². The van der Waals surface area contributed by atoms with Crippen molar-refractivity contribution in [3.05, 3.63) is 85.4 Å². The molecule has 0 nitrogen and oxygen atoms in total. The molecule has 0 fully saturated rings. The molecule has 0 aromatic heterocycles. The monoisotopic (exact) mass is 449 g/mol. The van der Waals surface area contributed by atoms with E-state index in [9.17, 15) is 0 Å². The second kappa shape index (κ2) is 8.83. The molecule has 0 unspecified atom stereocenters. The van der Waals surface area contributed by atoms with Crippen molar-refractivity contribution in [2.75, 3.05) is 0 Å². The maximum Gasteiger partial charge on any atom is 3.00 e. The molecule has 119 valence electrons. The predicted octanol–water partition coefficient (Wildman–Crippen LogP) is -2.07. The molecule has 0 saturated carbocycles. The molecule has 0 aliphatic heterocycles. The molecule has 0 spiro atoms. The first-order chi connectivity index (χ1) is 10.3. The SMILES string of the molecule is [CH3][Ge]([CH3])=[c]1ccc2c(c1C1=CC=CC1)[C-]=c1ccccc1=2.[Cl-].[Cl-].[Ti+3]. The Balaban J connectivity index is 0.000000960. The summed E-state index contributed by atoms with van der Waals surface area (Å²) in [4.78, 5) is 0. The van der Waals surface area contributed by atoms with Crippen molar-refractivity contribution in [1.29, 1.82) is 0 Å². The molecule has 0 heterocycles. The fraction of sp³-hybridized carbons (Fsp3) is 0.150. The van der Waals surface area contributed by atoms with Crippen LogP contribution in [0.15, 0.2) is 54.6 Å². The van der Waals surface area contributed by atoms with Gasteiger partial charge in [0, 0.05) is 0 Å². The van der Waals surface area contributed by atoms with Gasteiger partial charge in [-0.1, -0.05) is 0 Å². The van der Waals surface area contributed by atoms with E-state index in [1.807, 2.05) is 0 Å². The third-order valence-corrected chi connectivity index (χ3v) is 7.45. The Labute approximate surface area is 174 Å². The summed E-state index contributed by atoms with van der Waals surface area (Å²) in [6.07, 6.45) is 11.5. The Morgan fingerprint density at radius 3 is 2.38 bits per heavy atom. The Morgan fingerprint density at radius 2 is 1.71 bits per heavy atom. The van der Waals surface area contributed by atoms with E-state index >= 15 is 0 Å². The third kappa shape index (κ3) is 3.59. The van der Waals surface area contributed by atoms with Gasteiger partial charge in [0.05, 0.1) is 0 Å². The summed E-state index contributed by atoms with van der Waals surface area (Å²) >= 11 is -1.14. The Bertz CT molecular complexity index is 1030. The minimum atomic E-state index is -1.14. The zero-order valence-corrected chi connectivity index (χ0v) is 18.8. The Kier molecular flexibility index (Phi) is 7.97. The topological polar surface area (TPSA) is 0 Å². The fourth-order valence-corrected chi connectivity index (χ4v) is 5.82. The van der Waals surface area contributed by atoms with Crippen LogP contribution in [0.4, 0.5) is 0 Å². The van der Waals surface area contributed by atoms with Crippen LogP contribution in [-0.2, 0) is 21.7 Å². The smallest absolute Gasteiger partial charge is 1.00 e. The molecule has 0 atom stereocenters. The van der Waals surface area contributed by atoms with E-state index in [0.29, 0.717) is 0 Å². The fourth-order valence-electron chi connectivity index (χ4n) is 3.30. The van der Waals surface area contributed by atoms with Crippen LogP contribution in [0.5, 0.6) is 0 Å². The molecule has 24 heavy (non-hydrogen) atoms. The van der Waals surface area contributed by atoms with Gasteiger partial charge in [-0.05, 0) is 0 Å². The van der Waals surface area contributed by atoms with E-state index in [-0.39, 0.29) is 46.5 Å². The molecule has 0 bridgehead atoms. The van der Waals surface area contributed by atoms with Crippen LogP contribution in [0.25, 0.3) is 11.6 Å². The molecule has 0 N–H and O–H groups in total. The minimum absolute atomic E-state index is 0. The van der Waals surface area contributed by atoms with Gasteiger partial charge in [-0.3, -0.25) is 0 Å². The van der Waals surface area contributed by atoms with Crippen LogP contribution in [0, 0.1) is 14.4 Å². The van der Waals surface area contributed by atoms with Gasteiger partial charge in [0.25, 0.3) is 0 Å². The molecule has 4 heteroatoms. The quantitative estimate of drug-likeness (QED) is 0.296. The molecular weight excluding hydrogens is 432 g/mol. The van der Waals surface area contributed by atoms with Crippen molar-refractivity contribution in [2.45, 2.75) is 17.9 Å². The number of rotatable bonds is 1. The zero-order chi connectivity index (χ0) is 14.4. The summed E-state index contributed by atoms with van der Waals surface area (Å²) in [6, 6.07) is 13.3. The van der Waals surface area contributed by atoms with E-state index in [4.69, 9.17) is 0 Å². The maximum atomic E-state index is 3.68. The van der Waals surface area contributed by atoms with Crippen LogP contribution in [0.1, 0.15) is 17.5 Å². The Hall–Kier alpha value is -0.373. The van der Waals surface area contributed by atoms with Gasteiger partial charge in [0.1, 0.15) is 0 Å². The number of halogens is 2. The van der Waals surface area contributed by atoms with E-state index < -0.39 is 13.9 Å². The predicted molar refractivity (Wildman–Crippen MR) is 90.7 cm³/mol. The standard InChI is InChI=1S/C20H17Ge.2ClH.Ti/c1-21(2)19-12-11-17-16-10-6-5-9-15(16)13-18(17)20(19)14-7-3-4-8-14;;;/h3-7,9-12H,8H2,1-2H3;2*1H;/q-1;;;+3/p-2. The van der Waals surface area contributed by atoms with Gasteiger partial charge >= 0.3 is 151 Å². The van der Waals surface area contributed by atoms with Gasteiger partial charge in [-0.15, -0.1) is 0 Å². The molecule has 1 radical (unpaired) electrons. The van der Waals surface area contributed by atoms with Crippen molar-refractivity contribution >= 4 is 25.6 Å². The van der Waals surface area contributed by atoms with Crippen molar-refractivity contribution in [1.82, 2.24) is 0 Å². The summed E-state index contributed by atoms with van der Waals surface area (Å²) in [5, 5.41) is 3.93. The third-order valence-electron chi connectivity index (χ3n) is 4.31. The van der Waals surface area contributed by atoms with Gasteiger partial charge < -0.3 is 24.8 Å². The van der Waals surface area contributed by atoms with Crippen molar-refractivity contribution in [3.8, 4) is 0 Å². The number of allylic oxidation sites excluding steroid dienone is 4. The number of fused-ring (bicyclic) bond motifs is 2. The molecule has 2 aliphatic rings. The normalized spacial score (nSPS) is 12.7. The maximum absolute atomic E-state index is 3.68. The largest absolute Gasteiger partial charge is 3.00 e. The molecule has 2 aliphatic carbocycles. The summed E-state index contributed by atoms with van der Waals surface area (Å²) < 4.78 is 1.60. The van der Waals surface area contributed by atoms with Crippen LogP contribution in [-0.4, -0.2) is 13.9 Å². The second-order valence-corrected chi connectivity index (χ2v) is 11.2. The molecular formula is C20H17Cl2GeTi. The summed E-state index contributed by atoms with van der Waals surface area (Å²) in [5.41, 5.74) is 4.28. The molecule has 2 aromatic rings. The number of benzene rings is 2. The van der Waals surface area contributed by atoms with Gasteiger partial charge in [0.2, 0.25) is 0 Å². The van der Waals surface area contributed by atoms with Crippen LogP contribution in [0.3, 0.4) is 0 Å². The van der Waals surface area contributed by atoms with Crippen molar-refractivity contribution in [3.63, 3.8) is 0 Å². The van der Waals surface area contributed by atoms with Crippen LogP contribution >= 0.6 is 0 Å². The van der Waals surface area contributed by atoms with Crippen LogP contribution < -0.4 is 30.0 Å². The molecule has 4 rings (SSSR count).